The van der Waals surface area contributed by atoms with Gasteiger partial charge in [-0.3, -0.25) is 4.79 Å². The van der Waals surface area contributed by atoms with Gasteiger partial charge in [0.1, 0.15) is 0 Å². The second-order valence-corrected chi connectivity index (χ2v) is 5.41. The van der Waals surface area contributed by atoms with E-state index in [1.807, 2.05) is 18.2 Å². The molecule has 17 heavy (non-hydrogen) atoms. The summed E-state index contributed by atoms with van der Waals surface area (Å²) in [6.45, 7) is 0. The largest absolute Gasteiger partial charge is 0.376 e. The number of anilines is 2. The van der Waals surface area contributed by atoms with Crippen LogP contribution in [0.25, 0.3) is 0 Å². The van der Waals surface area contributed by atoms with Crippen LogP contribution in [-0.2, 0) is 4.79 Å². The lowest BCUT2D eigenvalue weighted by molar-refractivity contribution is -0.117. The maximum Gasteiger partial charge on any atom is 0.226 e. The topological polar surface area (TPSA) is 41.1 Å². The summed E-state index contributed by atoms with van der Waals surface area (Å²) in [4.78, 5) is 11.9. The summed E-state index contributed by atoms with van der Waals surface area (Å²) < 4.78 is 0. The van der Waals surface area contributed by atoms with Crippen molar-refractivity contribution in [3.05, 3.63) is 23.2 Å². The summed E-state index contributed by atoms with van der Waals surface area (Å²) in [6, 6.07) is 5.60. The summed E-state index contributed by atoms with van der Waals surface area (Å²) >= 11 is 6.21. The predicted molar refractivity (Wildman–Crippen MR) is 69.5 cm³/mol. The number of fused-ring (bicyclic) bond motifs is 1. The van der Waals surface area contributed by atoms with Gasteiger partial charge in [-0.15, -0.1) is 0 Å². The van der Waals surface area contributed by atoms with Crippen LogP contribution in [0.3, 0.4) is 0 Å². The van der Waals surface area contributed by atoms with Crippen molar-refractivity contribution in [2.45, 2.75) is 37.6 Å². The molecule has 3 rings (SSSR count). The molecule has 0 saturated heterocycles. The molecule has 0 unspecified atom stereocenters. The average molecular weight is 251 g/mol. The molecule has 1 amide bonds. The maximum absolute atomic E-state index is 11.9. The average Bonchev–Trinajstić information content (AvgIpc) is 2.65. The number of halogens is 1. The normalized spacial score (nSPS) is 21.6. The third-order valence-electron chi connectivity index (χ3n) is 3.74. The molecule has 1 aromatic rings. The van der Waals surface area contributed by atoms with E-state index < -0.39 is 0 Å². The molecule has 0 radical (unpaired) electrons. The van der Waals surface area contributed by atoms with Gasteiger partial charge in [0, 0.05) is 12.0 Å². The van der Waals surface area contributed by atoms with Crippen LogP contribution >= 0.6 is 11.6 Å². The minimum absolute atomic E-state index is 0.0830. The van der Waals surface area contributed by atoms with Crippen molar-refractivity contribution in [2.75, 3.05) is 10.6 Å². The monoisotopic (exact) mass is 250 g/mol. The van der Waals surface area contributed by atoms with E-state index in [1.54, 1.807) is 0 Å². The number of para-hydroxylation sites is 1. The lowest BCUT2D eigenvalue weighted by Gasteiger charge is -2.29. The number of nitrogens with one attached hydrogen (secondary N) is 2. The highest BCUT2D eigenvalue weighted by Crippen LogP contribution is 2.42. The van der Waals surface area contributed by atoms with E-state index in [1.165, 1.54) is 12.8 Å². The van der Waals surface area contributed by atoms with Crippen LogP contribution in [0.4, 0.5) is 11.4 Å². The molecule has 0 aromatic heterocycles. The Bertz CT molecular complexity index is 466. The van der Waals surface area contributed by atoms with Crippen LogP contribution in [-0.4, -0.2) is 11.4 Å². The van der Waals surface area contributed by atoms with Crippen molar-refractivity contribution in [3.63, 3.8) is 0 Å². The molecule has 1 aliphatic carbocycles. The SMILES string of the molecule is O=C1CC2(CCCC2)Nc2c(Cl)cccc2N1. The van der Waals surface area contributed by atoms with Gasteiger partial charge >= 0.3 is 0 Å². The van der Waals surface area contributed by atoms with E-state index in [9.17, 15) is 4.79 Å². The zero-order valence-corrected chi connectivity index (χ0v) is 10.3. The maximum atomic E-state index is 11.9. The first kappa shape index (κ1) is 10.9. The minimum Gasteiger partial charge on any atom is -0.376 e. The molecule has 1 aliphatic heterocycles. The zero-order chi connectivity index (χ0) is 11.9. The van der Waals surface area contributed by atoms with Crippen molar-refractivity contribution < 1.29 is 4.79 Å². The molecule has 1 fully saturated rings. The molecular weight excluding hydrogens is 236 g/mol. The molecule has 0 atom stereocenters. The summed E-state index contributed by atoms with van der Waals surface area (Å²) in [5.74, 6) is 0.0837. The van der Waals surface area contributed by atoms with Crippen molar-refractivity contribution in [2.24, 2.45) is 0 Å². The van der Waals surface area contributed by atoms with Crippen LogP contribution in [0.2, 0.25) is 5.02 Å². The fraction of sp³-hybridized carbons (Fsp3) is 0.462. The van der Waals surface area contributed by atoms with Gasteiger partial charge in [0.15, 0.2) is 0 Å². The molecule has 3 nitrogen and oxygen atoms in total. The highest BCUT2D eigenvalue weighted by Gasteiger charge is 2.38. The van der Waals surface area contributed by atoms with E-state index in [4.69, 9.17) is 11.6 Å². The summed E-state index contributed by atoms with van der Waals surface area (Å²) in [5, 5.41) is 7.12. The Kier molecular flexibility index (Phi) is 2.51. The molecule has 90 valence electrons. The Labute approximate surface area is 106 Å². The van der Waals surface area contributed by atoms with Gasteiger partial charge in [0.2, 0.25) is 5.91 Å². The van der Waals surface area contributed by atoms with Crippen molar-refractivity contribution in [1.29, 1.82) is 0 Å². The van der Waals surface area contributed by atoms with Crippen LogP contribution in [0.1, 0.15) is 32.1 Å². The van der Waals surface area contributed by atoms with Gasteiger partial charge in [-0.05, 0) is 25.0 Å². The Morgan fingerprint density at radius 1 is 1.24 bits per heavy atom. The number of rotatable bonds is 0. The first-order chi connectivity index (χ1) is 8.19. The van der Waals surface area contributed by atoms with E-state index in [0.29, 0.717) is 11.4 Å². The number of benzene rings is 1. The summed E-state index contributed by atoms with van der Waals surface area (Å²) in [5.41, 5.74) is 1.59. The molecule has 1 heterocycles. The van der Waals surface area contributed by atoms with Gasteiger partial charge in [0.05, 0.1) is 16.4 Å². The molecule has 4 heteroatoms. The van der Waals surface area contributed by atoms with Crippen molar-refractivity contribution >= 4 is 28.9 Å². The smallest absolute Gasteiger partial charge is 0.226 e. The number of carbonyl (C=O) groups excluding carboxylic acids is 1. The molecule has 0 bridgehead atoms. The van der Waals surface area contributed by atoms with E-state index in [0.717, 1.165) is 24.2 Å². The van der Waals surface area contributed by atoms with Gasteiger partial charge < -0.3 is 10.6 Å². The highest BCUT2D eigenvalue weighted by molar-refractivity contribution is 6.34. The second-order valence-electron chi connectivity index (χ2n) is 5.00. The quantitative estimate of drug-likeness (QED) is 0.741. The van der Waals surface area contributed by atoms with Crippen LogP contribution in [0, 0.1) is 0 Å². The van der Waals surface area contributed by atoms with E-state index >= 15 is 0 Å². The van der Waals surface area contributed by atoms with Gasteiger partial charge in [-0.2, -0.15) is 0 Å². The number of hydrogen-bond acceptors (Lipinski definition) is 2. The van der Waals surface area contributed by atoms with Crippen molar-refractivity contribution in [1.82, 2.24) is 0 Å². The van der Waals surface area contributed by atoms with Crippen molar-refractivity contribution in [3.8, 4) is 0 Å². The first-order valence-corrected chi connectivity index (χ1v) is 6.43. The van der Waals surface area contributed by atoms with Crippen LogP contribution < -0.4 is 10.6 Å². The molecule has 2 N–H and O–H groups in total. The van der Waals surface area contributed by atoms with E-state index in [2.05, 4.69) is 10.6 Å². The second kappa shape index (κ2) is 3.91. The van der Waals surface area contributed by atoms with Gasteiger partial charge in [-0.1, -0.05) is 30.5 Å². The lowest BCUT2D eigenvalue weighted by atomic mass is 9.93. The number of hydrogen-bond donors (Lipinski definition) is 2. The minimum atomic E-state index is -0.0830. The Morgan fingerprint density at radius 3 is 2.76 bits per heavy atom. The third kappa shape index (κ3) is 1.89. The fourth-order valence-corrected chi connectivity index (χ4v) is 3.14. The van der Waals surface area contributed by atoms with Gasteiger partial charge in [-0.25, -0.2) is 0 Å². The standard InChI is InChI=1S/C13H15ClN2O/c14-9-4-3-5-10-12(9)16-13(6-1-2-7-13)8-11(17)15-10/h3-5,16H,1-2,6-8H2,(H,15,17). The van der Waals surface area contributed by atoms with Crippen LogP contribution in [0.15, 0.2) is 18.2 Å². The Hall–Kier alpha value is -1.22. The van der Waals surface area contributed by atoms with Crippen LogP contribution in [0.5, 0.6) is 0 Å². The summed E-state index contributed by atoms with van der Waals surface area (Å²) in [7, 11) is 0. The third-order valence-corrected chi connectivity index (χ3v) is 4.05. The lowest BCUT2D eigenvalue weighted by Crippen LogP contribution is -2.36. The Balaban J connectivity index is 2.05. The Morgan fingerprint density at radius 2 is 2.00 bits per heavy atom. The number of carbonyl (C=O) groups is 1. The molecule has 1 saturated carbocycles. The fourth-order valence-electron chi connectivity index (χ4n) is 2.92. The number of amides is 1. The van der Waals surface area contributed by atoms with E-state index in [-0.39, 0.29) is 11.4 Å². The predicted octanol–water partition coefficient (Wildman–Crippen LogP) is 3.41. The summed E-state index contributed by atoms with van der Waals surface area (Å²) in [6.07, 6.45) is 4.99. The molecule has 1 aromatic carbocycles. The first-order valence-electron chi connectivity index (χ1n) is 6.05. The zero-order valence-electron chi connectivity index (χ0n) is 9.55. The molecule has 1 spiro atoms. The van der Waals surface area contributed by atoms with Gasteiger partial charge in [0.25, 0.3) is 0 Å². The molecular formula is C13H15ClN2O. The molecule has 2 aliphatic rings. The highest BCUT2D eigenvalue weighted by atomic mass is 35.5.